The lowest BCUT2D eigenvalue weighted by Gasteiger charge is -2.16. The summed E-state index contributed by atoms with van der Waals surface area (Å²) < 4.78 is 62.8. The highest BCUT2D eigenvalue weighted by molar-refractivity contribution is 7.87. The summed E-state index contributed by atoms with van der Waals surface area (Å²) >= 11 is 0. The van der Waals surface area contributed by atoms with Gasteiger partial charge in [0.25, 0.3) is 0 Å². The van der Waals surface area contributed by atoms with E-state index in [-0.39, 0.29) is 18.3 Å². The lowest BCUT2D eigenvalue weighted by molar-refractivity contribution is -0.0500. The molecule has 1 unspecified atom stereocenters. The van der Waals surface area contributed by atoms with Crippen LogP contribution in [0.4, 0.5) is 13.2 Å². The molecule has 0 aliphatic carbocycles. The molecule has 0 fully saturated rings. The molecule has 4 nitrogen and oxygen atoms in total. The van der Waals surface area contributed by atoms with Crippen LogP contribution in [-0.2, 0) is 10.1 Å². The maximum atomic E-state index is 12.3. The van der Waals surface area contributed by atoms with Gasteiger partial charge < -0.3 is 9.29 Å². The SMILES string of the molecule is CCC(CCCO)c1cccc(OS(=O)(=O)C(F)(F)F)c1. The van der Waals surface area contributed by atoms with Crippen molar-refractivity contribution in [2.75, 3.05) is 6.61 Å². The zero-order valence-corrected chi connectivity index (χ0v) is 12.2. The Labute approximate surface area is 121 Å². The quantitative estimate of drug-likeness (QED) is 0.617. The van der Waals surface area contributed by atoms with Crippen molar-refractivity contribution in [3.63, 3.8) is 0 Å². The summed E-state index contributed by atoms with van der Waals surface area (Å²) in [6.45, 7) is 1.93. The van der Waals surface area contributed by atoms with Crippen LogP contribution >= 0.6 is 0 Å². The lowest BCUT2D eigenvalue weighted by atomic mass is 9.92. The van der Waals surface area contributed by atoms with Gasteiger partial charge in [-0.15, -0.1) is 0 Å². The van der Waals surface area contributed by atoms with Crippen LogP contribution in [0.2, 0.25) is 0 Å². The van der Waals surface area contributed by atoms with Crippen LogP contribution in [0.15, 0.2) is 24.3 Å². The molecule has 0 amide bonds. The average Bonchev–Trinajstić information content (AvgIpc) is 2.38. The largest absolute Gasteiger partial charge is 0.534 e. The molecule has 120 valence electrons. The van der Waals surface area contributed by atoms with E-state index < -0.39 is 15.6 Å². The van der Waals surface area contributed by atoms with E-state index in [9.17, 15) is 21.6 Å². The zero-order valence-electron chi connectivity index (χ0n) is 11.4. The Balaban J connectivity index is 2.95. The van der Waals surface area contributed by atoms with Gasteiger partial charge in [-0.3, -0.25) is 0 Å². The smallest absolute Gasteiger partial charge is 0.396 e. The third-order valence-electron chi connectivity index (χ3n) is 3.02. The van der Waals surface area contributed by atoms with Crippen molar-refractivity contribution in [1.29, 1.82) is 0 Å². The summed E-state index contributed by atoms with van der Waals surface area (Å²) in [4.78, 5) is 0. The predicted octanol–water partition coefficient (Wildman–Crippen LogP) is 3.18. The Bertz CT molecular complexity index is 555. The van der Waals surface area contributed by atoms with Crippen molar-refractivity contribution in [1.82, 2.24) is 0 Å². The van der Waals surface area contributed by atoms with Crippen molar-refractivity contribution < 1.29 is 30.9 Å². The summed E-state index contributed by atoms with van der Waals surface area (Å²) in [5, 5.41) is 8.83. The van der Waals surface area contributed by atoms with Crippen molar-refractivity contribution in [2.24, 2.45) is 0 Å². The molecule has 0 aliphatic heterocycles. The molecule has 0 spiro atoms. The van der Waals surface area contributed by atoms with Crippen molar-refractivity contribution in [2.45, 2.75) is 37.6 Å². The van der Waals surface area contributed by atoms with E-state index in [1.165, 1.54) is 12.1 Å². The van der Waals surface area contributed by atoms with Gasteiger partial charge in [-0.25, -0.2) is 0 Å². The fraction of sp³-hybridized carbons (Fsp3) is 0.538. The first kappa shape index (κ1) is 17.8. The first-order valence-electron chi connectivity index (χ1n) is 6.43. The zero-order chi connectivity index (χ0) is 16.1. The minimum Gasteiger partial charge on any atom is -0.396 e. The molecular weight excluding hydrogens is 309 g/mol. The lowest BCUT2D eigenvalue weighted by Crippen LogP contribution is -2.28. The van der Waals surface area contributed by atoms with Crippen LogP contribution in [0.25, 0.3) is 0 Å². The van der Waals surface area contributed by atoms with Gasteiger partial charge in [-0.2, -0.15) is 21.6 Å². The summed E-state index contributed by atoms with van der Waals surface area (Å²) in [6.07, 6.45) is 1.93. The minimum absolute atomic E-state index is 0.0225. The molecule has 21 heavy (non-hydrogen) atoms. The molecule has 0 radical (unpaired) electrons. The molecule has 0 saturated carbocycles. The standard InChI is InChI=1S/C13H17F3O4S/c1-2-10(6-4-8-17)11-5-3-7-12(9-11)20-21(18,19)13(14,15)16/h3,5,7,9-10,17H,2,4,6,8H2,1H3. The summed E-state index contributed by atoms with van der Waals surface area (Å²) in [5.41, 5.74) is -4.77. The molecule has 0 aromatic heterocycles. The van der Waals surface area contributed by atoms with E-state index >= 15 is 0 Å². The van der Waals surface area contributed by atoms with Gasteiger partial charge in [-0.1, -0.05) is 19.1 Å². The van der Waals surface area contributed by atoms with Gasteiger partial charge in [-0.05, 0) is 42.9 Å². The van der Waals surface area contributed by atoms with Crippen molar-refractivity contribution in [3.8, 4) is 5.75 Å². The minimum atomic E-state index is -5.66. The molecule has 1 rings (SSSR count). The van der Waals surface area contributed by atoms with Crippen LogP contribution in [0.3, 0.4) is 0 Å². The second-order valence-corrected chi connectivity index (χ2v) is 6.06. The number of rotatable bonds is 7. The van der Waals surface area contributed by atoms with Crippen LogP contribution < -0.4 is 4.18 Å². The van der Waals surface area contributed by atoms with Gasteiger partial charge in [0.2, 0.25) is 0 Å². The monoisotopic (exact) mass is 326 g/mol. The first-order chi connectivity index (χ1) is 9.71. The number of aliphatic hydroxyl groups excluding tert-OH is 1. The Hall–Kier alpha value is -1.28. The van der Waals surface area contributed by atoms with E-state index in [0.717, 1.165) is 12.5 Å². The number of aliphatic hydroxyl groups is 1. The van der Waals surface area contributed by atoms with Crippen molar-refractivity contribution in [3.05, 3.63) is 29.8 Å². The summed E-state index contributed by atoms with van der Waals surface area (Å²) in [7, 11) is -5.66. The van der Waals surface area contributed by atoms with Gasteiger partial charge >= 0.3 is 15.6 Å². The normalized spacial score (nSPS) is 14.0. The fourth-order valence-electron chi connectivity index (χ4n) is 1.94. The molecule has 0 aliphatic rings. The maximum Gasteiger partial charge on any atom is 0.534 e. The molecule has 8 heteroatoms. The molecule has 1 atom stereocenters. The van der Waals surface area contributed by atoms with E-state index in [1.54, 1.807) is 6.07 Å². The number of hydrogen-bond donors (Lipinski definition) is 1. The van der Waals surface area contributed by atoms with E-state index in [2.05, 4.69) is 4.18 Å². The Morgan fingerprint density at radius 3 is 2.52 bits per heavy atom. The molecule has 1 aromatic rings. The second-order valence-electron chi connectivity index (χ2n) is 4.53. The van der Waals surface area contributed by atoms with E-state index in [1.807, 2.05) is 6.92 Å². The Kier molecular flexibility index (Phi) is 6.03. The third-order valence-corrected chi connectivity index (χ3v) is 4.00. The first-order valence-corrected chi connectivity index (χ1v) is 7.83. The highest BCUT2D eigenvalue weighted by Crippen LogP contribution is 2.30. The van der Waals surface area contributed by atoms with E-state index in [4.69, 9.17) is 5.11 Å². The maximum absolute atomic E-state index is 12.3. The molecule has 1 N–H and O–H groups in total. The summed E-state index contributed by atoms with van der Waals surface area (Å²) in [6, 6.07) is 5.58. The number of benzene rings is 1. The number of hydrogen-bond acceptors (Lipinski definition) is 4. The number of alkyl halides is 3. The molecule has 0 bridgehead atoms. The van der Waals surface area contributed by atoms with Gasteiger partial charge in [0.15, 0.2) is 0 Å². The molecule has 0 saturated heterocycles. The van der Waals surface area contributed by atoms with E-state index in [0.29, 0.717) is 18.4 Å². The third kappa shape index (κ3) is 4.89. The number of halogens is 3. The molecular formula is C13H17F3O4S. The Morgan fingerprint density at radius 1 is 1.33 bits per heavy atom. The summed E-state index contributed by atoms with van der Waals surface area (Å²) in [5.74, 6) is -0.346. The van der Waals surface area contributed by atoms with Crippen LogP contribution in [0.5, 0.6) is 5.75 Å². The second kappa shape index (κ2) is 7.13. The van der Waals surface area contributed by atoms with Crippen LogP contribution in [0, 0.1) is 0 Å². The highest BCUT2D eigenvalue weighted by Gasteiger charge is 2.48. The Morgan fingerprint density at radius 2 is 2.00 bits per heavy atom. The average molecular weight is 326 g/mol. The molecule has 0 heterocycles. The molecule has 1 aromatic carbocycles. The highest BCUT2D eigenvalue weighted by atomic mass is 32.2. The van der Waals surface area contributed by atoms with Gasteiger partial charge in [0.05, 0.1) is 0 Å². The van der Waals surface area contributed by atoms with Gasteiger partial charge in [0.1, 0.15) is 5.75 Å². The van der Waals surface area contributed by atoms with Crippen molar-refractivity contribution >= 4 is 10.1 Å². The van der Waals surface area contributed by atoms with Gasteiger partial charge in [0, 0.05) is 6.61 Å². The van der Waals surface area contributed by atoms with Crippen LogP contribution in [-0.4, -0.2) is 25.6 Å². The fourth-order valence-corrected chi connectivity index (χ4v) is 2.39. The van der Waals surface area contributed by atoms with Crippen LogP contribution in [0.1, 0.15) is 37.7 Å². The predicted molar refractivity (Wildman–Crippen MR) is 71.4 cm³/mol. The topological polar surface area (TPSA) is 63.6 Å².